The fourth-order valence-corrected chi connectivity index (χ4v) is 2.85. The molecule has 0 radical (unpaired) electrons. The van der Waals surface area contributed by atoms with Crippen LogP contribution in [0.15, 0.2) is 9.37 Å². The van der Waals surface area contributed by atoms with E-state index in [1.54, 1.807) is 0 Å². The van der Waals surface area contributed by atoms with Crippen LogP contribution >= 0.6 is 46.3 Å². The molecule has 0 atom stereocenters. The molecule has 2 heterocycles. The van der Waals surface area contributed by atoms with Crippen LogP contribution in [0.2, 0.25) is 10.4 Å². The first kappa shape index (κ1) is 12.7. The van der Waals surface area contributed by atoms with Crippen molar-refractivity contribution in [3.05, 3.63) is 10.4 Å². The van der Waals surface area contributed by atoms with Gasteiger partial charge in [-0.05, 0) is 23.4 Å². The van der Waals surface area contributed by atoms with Crippen molar-refractivity contribution < 1.29 is 0 Å². The van der Waals surface area contributed by atoms with E-state index in [2.05, 4.69) is 25.4 Å². The molecule has 0 N–H and O–H groups in total. The summed E-state index contributed by atoms with van der Waals surface area (Å²) in [5.41, 5.74) is 0. The first-order valence-corrected chi connectivity index (χ1v) is 6.69. The number of aromatic nitrogens is 5. The van der Waals surface area contributed by atoms with Gasteiger partial charge in [0.25, 0.3) is 0 Å². The minimum Gasteiger partial charge on any atom is -0.353 e. The lowest BCUT2D eigenvalue weighted by atomic mass is 10.9. The lowest BCUT2D eigenvalue weighted by Gasteiger charge is -2.03. The lowest BCUT2D eigenvalue weighted by molar-refractivity contribution is 0.902. The predicted molar refractivity (Wildman–Crippen MR) is 68.2 cm³/mol. The summed E-state index contributed by atoms with van der Waals surface area (Å²) >= 11 is 14.2. The van der Waals surface area contributed by atoms with Crippen LogP contribution in [0.4, 0.5) is 5.13 Å². The highest BCUT2D eigenvalue weighted by molar-refractivity contribution is 8.01. The standard InChI is InChI=1S/C7H6Cl2N6S2/c1-15(2)6-13-14-7(17-6)16-4-3(8)11-12-5(9)10-4/h1-2H3. The van der Waals surface area contributed by atoms with Crippen LogP contribution in [0, 0.1) is 0 Å². The monoisotopic (exact) mass is 308 g/mol. The smallest absolute Gasteiger partial charge is 0.244 e. The Morgan fingerprint density at radius 3 is 2.53 bits per heavy atom. The zero-order chi connectivity index (χ0) is 12.4. The van der Waals surface area contributed by atoms with E-state index in [0.29, 0.717) is 9.37 Å². The number of halogens is 2. The van der Waals surface area contributed by atoms with Crippen LogP contribution in [0.1, 0.15) is 0 Å². The summed E-state index contributed by atoms with van der Waals surface area (Å²) in [6.07, 6.45) is 0. The van der Waals surface area contributed by atoms with Gasteiger partial charge in [0.2, 0.25) is 10.4 Å². The van der Waals surface area contributed by atoms with Crippen LogP contribution in [-0.4, -0.2) is 39.5 Å². The van der Waals surface area contributed by atoms with Crippen LogP contribution in [0.3, 0.4) is 0 Å². The van der Waals surface area contributed by atoms with E-state index in [0.717, 1.165) is 5.13 Å². The maximum Gasteiger partial charge on any atom is 0.244 e. The minimum absolute atomic E-state index is 0.0502. The second kappa shape index (κ2) is 5.30. The summed E-state index contributed by atoms with van der Waals surface area (Å²) in [6.45, 7) is 0. The fourth-order valence-electron chi connectivity index (χ4n) is 0.852. The Hall–Kier alpha value is -0.700. The van der Waals surface area contributed by atoms with Gasteiger partial charge >= 0.3 is 0 Å². The van der Waals surface area contributed by atoms with E-state index < -0.39 is 0 Å². The SMILES string of the molecule is CN(C)c1nnc(Sc2nc(Cl)nnc2Cl)s1. The van der Waals surface area contributed by atoms with Crippen LogP contribution in [0.5, 0.6) is 0 Å². The molecule has 6 nitrogen and oxygen atoms in total. The summed E-state index contributed by atoms with van der Waals surface area (Å²) in [4.78, 5) is 5.84. The van der Waals surface area contributed by atoms with Gasteiger partial charge in [-0.15, -0.1) is 20.4 Å². The highest BCUT2D eigenvalue weighted by Crippen LogP contribution is 2.34. The molecule has 0 unspecified atom stereocenters. The Balaban J connectivity index is 2.22. The molecule has 0 saturated carbocycles. The number of hydrogen-bond acceptors (Lipinski definition) is 8. The van der Waals surface area contributed by atoms with Crippen molar-refractivity contribution in [2.24, 2.45) is 0 Å². The zero-order valence-electron chi connectivity index (χ0n) is 8.76. The number of hydrogen-bond donors (Lipinski definition) is 0. The second-order valence-electron chi connectivity index (χ2n) is 3.02. The quantitative estimate of drug-likeness (QED) is 0.861. The molecule has 0 amide bonds. The molecule has 0 aliphatic carbocycles. The van der Waals surface area contributed by atoms with Gasteiger partial charge in [-0.3, -0.25) is 0 Å². The molecule has 0 bridgehead atoms. The first-order chi connectivity index (χ1) is 8.06. The Bertz CT molecular complexity index is 531. The molecule has 10 heteroatoms. The summed E-state index contributed by atoms with van der Waals surface area (Å²) in [6, 6.07) is 0. The Morgan fingerprint density at radius 1 is 1.12 bits per heavy atom. The average molecular weight is 309 g/mol. The molecule has 0 aliphatic heterocycles. The van der Waals surface area contributed by atoms with Gasteiger partial charge in [0, 0.05) is 14.1 Å². The van der Waals surface area contributed by atoms with Crippen molar-refractivity contribution in [3.8, 4) is 0 Å². The fraction of sp³-hybridized carbons (Fsp3) is 0.286. The van der Waals surface area contributed by atoms with Crippen LogP contribution in [-0.2, 0) is 0 Å². The van der Waals surface area contributed by atoms with Gasteiger partial charge in [0.15, 0.2) is 9.49 Å². The normalized spacial score (nSPS) is 10.6. The molecule has 2 aromatic rings. The summed E-state index contributed by atoms with van der Waals surface area (Å²) < 4.78 is 0.715. The molecular formula is C7H6Cl2N6S2. The molecule has 0 spiro atoms. The molecule has 90 valence electrons. The number of nitrogens with zero attached hydrogens (tertiary/aromatic N) is 6. The van der Waals surface area contributed by atoms with Crippen molar-refractivity contribution >= 4 is 51.4 Å². The summed E-state index contributed by atoms with van der Waals surface area (Å²) in [7, 11) is 3.79. The molecule has 17 heavy (non-hydrogen) atoms. The number of anilines is 1. The molecule has 0 fully saturated rings. The third kappa shape index (κ3) is 3.15. The van der Waals surface area contributed by atoms with Crippen LogP contribution < -0.4 is 4.90 Å². The van der Waals surface area contributed by atoms with Crippen molar-refractivity contribution in [1.82, 2.24) is 25.4 Å². The van der Waals surface area contributed by atoms with E-state index in [-0.39, 0.29) is 10.4 Å². The molecule has 2 rings (SSSR count). The third-order valence-electron chi connectivity index (χ3n) is 1.55. The van der Waals surface area contributed by atoms with E-state index in [1.165, 1.54) is 23.1 Å². The van der Waals surface area contributed by atoms with Crippen molar-refractivity contribution in [3.63, 3.8) is 0 Å². The van der Waals surface area contributed by atoms with Gasteiger partial charge in [-0.2, -0.15) is 0 Å². The van der Waals surface area contributed by atoms with Crippen molar-refractivity contribution in [1.29, 1.82) is 0 Å². The van der Waals surface area contributed by atoms with Crippen LogP contribution in [0.25, 0.3) is 0 Å². The molecular weight excluding hydrogens is 303 g/mol. The maximum absolute atomic E-state index is 5.85. The zero-order valence-corrected chi connectivity index (χ0v) is 11.9. The van der Waals surface area contributed by atoms with Crippen molar-refractivity contribution in [2.75, 3.05) is 19.0 Å². The van der Waals surface area contributed by atoms with Gasteiger partial charge in [-0.25, -0.2) is 4.98 Å². The lowest BCUT2D eigenvalue weighted by Crippen LogP contribution is -2.07. The van der Waals surface area contributed by atoms with E-state index >= 15 is 0 Å². The van der Waals surface area contributed by atoms with E-state index in [4.69, 9.17) is 23.2 Å². The average Bonchev–Trinajstić information content (AvgIpc) is 2.72. The molecule has 0 saturated heterocycles. The Labute approximate surface area is 115 Å². The maximum atomic E-state index is 5.85. The summed E-state index contributed by atoms with van der Waals surface area (Å²) in [5, 5.41) is 16.7. The topological polar surface area (TPSA) is 67.7 Å². The van der Waals surface area contributed by atoms with Gasteiger partial charge in [0.05, 0.1) is 0 Å². The highest BCUT2D eigenvalue weighted by atomic mass is 35.5. The third-order valence-corrected chi connectivity index (χ3v) is 4.20. The van der Waals surface area contributed by atoms with E-state index in [1.807, 2.05) is 19.0 Å². The predicted octanol–water partition coefficient (Wildman–Crippen LogP) is 2.25. The second-order valence-corrected chi connectivity index (χ2v) is 5.91. The molecule has 0 aliphatic rings. The molecule has 2 aromatic heterocycles. The van der Waals surface area contributed by atoms with Gasteiger partial charge in [0.1, 0.15) is 5.03 Å². The summed E-state index contributed by atoms with van der Waals surface area (Å²) in [5.74, 6) is 0. The van der Waals surface area contributed by atoms with Gasteiger partial charge < -0.3 is 4.90 Å². The highest BCUT2D eigenvalue weighted by Gasteiger charge is 2.12. The Morgan fingerprint density at radius 2 is 1.88 bits per heavy atom. The first-order valence-electron chi connectivity index (χ1n) is 4.30. The minimum atomic E-state index is 0.0502. The largest absolute Gasteiger partial charge is 0.353 e. The Kier molecular flexibility index (Phi) is 3.97. The van der Waals surface area contributed by atoms with Gasteiger partial charge in [-0.1, -0.05) is 22.9 Å². The molecule has 0 aromatic carbocycles. The van der Waals surface area contributed by atoms with Crippen molar-refractivity contribution in [2.45, 2.75) is 9.37 Å². The number of rotatable bonds is 3. The van der Waals surface area contributed by atoms with E-state index in [9.17, 15) is 0 Å².